The summed E-state index contributed by atoms with van der Waals surface area (Å²) in [6.07, 6.45) is 3.13. The first-order valence-corrected chi connectivity index (χ1v) is 10.7. The molecule has 1 aromatic heterocycles. The second-order valence-corrected chi connectivity index (χ2v) is 7.85. The molecular formula is C25H24N4O5. The lowest BCUT2D eigenvalue weighted by atomic mass is 10.1. The summed E-state index contributed by atoms with van der Waals surface area (Å²) in [4.78, 5) is 24.4. The number of hydrazone groups is 1. The van der Waals surface area contributed by atoms with E-state index in [-0.39, 0.29) is 34.4 Å². The number of amides is 1. The van der Waals surface area contributed by atoms with Crippen molar-refractivity contribution in [3.8, 4) is 17.1 Å². The van der Waals surface area contributed by atoms with E-state index in [4.69, 9.17) is 9.83 Å². The quantitative estimate of drug-likeness (QED) is 0.179. The molecule has 0 fully saturated rings. The molecule has 2 aromatic carbocycles. The third-order valence-electron chi connectivity index (χ3n) is 5.51. The number of nitrogens with zero attached hydrogens (tertiary/aromatic N) is 1. The number of benzene rings is 2. The molecule has 0 atom stereocenters. The number of nitrogens with one attached hydrogen (secondary N) is 3. The molecule has 0 saturated carbocycles. The number of para-hydroxylation sites is 1. The lowest BCUT2D eigenvalue weighted by Gasteiger charge is -2.11. The van der Waals surface area contributed by atoms with Crippen molar-refractivity contribution < 1.29 is 23.8 Å². The maximum atomic E-state index is 12.8. The van der Waals surface area contributed by atoms with Gasteiger partial charge in [0.2, 0.25) is 5.76 Å². The minimum Gasteiger partial charge on any atom is -0.505 e. The first-order valence-electron chi connectivity index (χ1n) is 10.7. The number of aromatic hydroxyl groups is 1. The molecule has 0 aliphatic heterocycles. The van der Waals surface area contributed by atoms with Crippen LogP contribution in [-0.4, -0.2) is 35.5 Å². The Hall–Kier alpha value is -4.40. The van der Waals surface area contributed by atoms with Crippen LogP contribution in [-0.2, 0) is 22.4 Å². The molecule has 1 aliphatic rings. The average molecular weight is 460 g/mol. The summed E-state index contributed by atoms with van der Waals surface area (Å²) < 4.78 is 10.1. The van der Waals surface area contributed by atoms with Gasteiger partial charge in [-0.15, -0.1) is 0 Å². The highest BCUT2D eigenvalue weighted by molar-refractivity contribution is 6.67. The van der Waals surface area contributed by atoms with Gasteiger partial charge in [-0.1, -0.05) is 12.1 Å². The van der Waals surface area contributed by atoms with E-state index in [0.29, 0.717) is 11.3 Å². The maximum Gasteiger partial charge on any atom is 0.373 e. The Kier molecular flexibility index (Phi) is 6.44. The molecule has 34 heavy (non-hydrogen) atoms. The second-order valence-electron chi connectivity index (χ2n) is 7.85. The van der Waals surface area contributed by atoms with Crippen molar-refractivity contribution in [3.63, 3.8) is 0 Å². The van der Waals surface area contributed by atoms with Gasteiger partial charge in [0.1, 0.15) is 5.76 Å². The zero-order chi connectivity index (χ0) is 24.2. The van der Waals surface area contributed by atoms with E-state index in [1.807, 2.05) is 18.2 Å². The molecule has 0 unspecified atom stereocenters. The molecule has 174 valence electrons. The molecule has 3 aromatic rings. The number of methoxy groups -OCH3 is 1. The van der Waals surface area contributed by atoms with Crippen LogP contribution in [0.5, 0.6) is 5.75 Å². The Bertz CT molecular complexity index is 1310. The van der Waals surface area contributed by atoms with Gasteiger partial charge in [-0.2, -0.15) is 5.10 Å². The van der Waals surface area contributed by atoms with Gasteiger partial charge in [-0.3, -0.25) is 10.2 Å². The molecule has 1 heterocycles. The highest BCUT2D eigenvalue weighted by Crippen LogP contribution is 2.36. The van der Waals surface area contributed by atoms with Gasteiger partial charge in [-0.05, 0) is 73.7 Å². The Labute approximate surface area is 195 Å². The number of furan rings is 1. The number of hydrogen-bond donors (Lipinski definition) is 4. The molecule has 0 bridgehead atoms. The summed E-state index contributed by atoms with van der Waals surface area (Å²) in [6, 6.07) is 13.6. The number of carbonyl (C=O) groups is 2. The Morgan fingerprint density at radius 2 is 1.91 bits per heavy atom. The lowest BCUT2D eigenvalue weighted by molar-refractivity contribution is -0.110. The molecule has 9 heteroatoms. The predicted octanol–water partition coefficient (Wildman–Crippen LogP) is 4.37. The number of hydrogen-bond acceptors (Lipinski definition) is 8. The topological polar surface area (TPSA) is 137 Å². The van der Waals surface area contributed by atoms with Crippen LogP contribution in [0.25, 0.3) is 11.3 Å². The average Bonchev–Trinajstić information content (AvgIpc) is 3.49. The van der Waals surface area contributed by atoms with Gasteiger partial charge in [0.25, 0.3) is 5.91 Å². The van der Waals surface area contributed by atoms with Crippen LogP contribution in [0.15, 0.2) is 58.0 Å². The van der Waals surface area contributed by atoms with E-state index in [1.165, 1.54) is 37.3 Å². The third kappa shape index (κ3) is 4.68. The molecule has 0 radical (unpaired) electrons. The van der Waals surface area contributed by atoms with E-state index >= 15 is 0 Å². The molecule has 0 saturated heterocycles. The summed E-state index contributed by atoms with van der Waals surface area (Å²) in [5.41, 5.74) is 6.14. The molecule has 9 nitrogen and oxygen atoms in total. The summed E-state index contributed by atoms with van der Waals surface area (Å²) in [5, 5.41) is 25.5. The van der Waals surface area contributed by atoms with Crippen molar-refractivity contribution >= 4 is 34.7 Å². The fourth-order valence-electron chi connectivity index (χ4n) is 3.79. The molecule has 1 aliphatic carbocycles. The van der Waals surface area contributed by atoms with Crippen molar-refractivity contribution in [2.75, 3.05) is 17.9 Å². The predicted molar refractivity (Wildman–Crippen MR) is 129 cm³/mol. The largest absolute Gasteiger partial charge is 0.505 e. The van der Waals surface area contributed by atoms with E-state index in [1.54, 1.807) is 18.2 Å². The van der Waals surface area contributed by atoms with Crippen molar-refractivity contribution in [1.29, 1.82) is 5.41 Å². The Morgan fingerprint density at radius 3 is 2.68 bits per heavy atom. The van der Waals surface area contributed by atoms with E-state index in [9.17, 15) is 14.7 Å². The summed E-state index contributed by atoms with van der Waals surface area (Å²) >= 11 is 0. The van der Waals surface area contributed by atoms with E-state index in [2.05, 4.69) is 20.6 Å². The van der Waals surface area contributed by atoms with Gasteiger partial charge >= 0.3 is 5.97 Å². The summed E-state index contributed by atoms with van der Waals surface area (Å²) in [5.74, 6) is -1.12. The molecule has 4 rings (SSSR count). The molecule has 0 spiro atoms. The van der Waals surface area contributed by atoms with Gasteiger partial charge in [0, 0.05) is 5.69 Å². The van der Waals surface area contributed by atoms with E-state index in [0.717, 1.165) is 19.3 Å². The van der Waals surface area contributed by atoms with Gasteiger partial charge in [-0.25, -0.2) is 4.79 Å². The number of anilines is 2. The fraction of sp³-hybridized carbons (Fsp3) is 0.200. The number of esters is 1. The highest BCUT2D eigenvalue weighted by Gasteiger charge is 2.19. The SMILES string of the molecule is COC(=O)c1ccc(-c2cccc(N/N=C(/C(C)=N)C(=O)Nc3ccc4c(c3)CCC4)c2O)o1. The zero-order valence-corrected chi connectivity index (χ0v) is 18.8. The zero-order valence-electron chi connectivity index (χ0n) is 18.8. The van der Waals surface area contributed by atoms with Crippen LogP contribution in [0.1, 0.15) is 35.0 Å². The van der Waals surface area contributed by atoms with Crippen molar-refractivity contribution in [1.82, 2.24) is 0 Å². The first-order chi connectivity index (χ1) is 16.4. The monoisotopic (exact) mass is 460 g/mol. The second kappa shape index (κ2) is 9.62. The standard InChI is InChI=1S/C25H24N4O5/c1-14(26)22(24(31)27-17-10-9-15-5-3-6-16(15)13-17)29-28-19-8-4-7-18(23(19)30)20-11-12-21(34-20)25(32)33-2/h4,7-13,26,28,30H,3,5-6H2,1-2H3,(H,27,31)/b26-14?,29-22-. The number of aryl methyl sites for hydroxylation is 2. The van der Waals surface area contributed by atoms with Gasteiger partial charge in [0.15, 0.2) is 11.5 Å². The molecular weight excluding hydrogens is 436 g/mol. The fourth-order valence-corrected chi connectivity index (χ4v) is 3.79. The minimum absolute atomic E-state index is 0.00164. The van der Waals surface area contributed by atoms with Crippen molar-refractivity contribution in [3.05, 3.63) is 65.4 Å². The Morgan fingerprint density at radius 1 is 1.12 bits per heavy atom. The van der Waals surface area contributed by atoms with Gasteiger partial charge < -0.3 is 25.0 Å². The highest BCUT2D eigenvalue weighted by atomic mass is 16.5. The van der Waals surface area contributed by atoms with Crippen molar-refractivity contribution in [2.45, 2.75) is 26.2 Å². The smallest absolute Gasteiger partial charge is 0.373 e. The number of ether oxygens (including phenoxy) is 1. The normalized spacial score (nSPS) is 12.7. The lowest BCUT2D eigenvalue weighted by Crippen LogP contribution is -2.29. The molecule has 4 N–H and O–H groups in total. The third-order valence-corrected chi connectivity index (χ3v) is 5.51. The first kappa shape index (κ1) is 22.8. The van der Waals surface area contributed by atoms with Crippen LogP contribution >= 0.6 is 0 Å². The minimum atomic E-state index is -0.634. The molecule has 1 amide bonds. The van der Waals surface area contributed by atoms with Gasteiger partial charge in [0.05, 0.1) is 24.1 Å². The van der Waals surface area contributed by atoms with Crippen LogP contribution in [0.2, 0.25) is 0 Å². The number of phenols is 1. The number of fused-ring (bicyclic) bond motifs is 1. The van der Waals surface area contributed by atoms with Crippen LogP contribution in [0.4, 0.5) is 11.4 Å². The number of phenolic OH excluding ortho intramolecular Hbond substituents is 1. The Balaban J connectivity index is 1.54. The van der Waals surface area contributed by atoms with E-state index < -0.39 is 11.9 Å². The number of rotatable bonds is 7. The maximum absolute atomic E-state index is 12.8. The van der Waals surface area contributed by atoms with Crippen LogP contribution in [0, 0.1) is 5.41 Å². The van der Waals surface area contributed by atoms with Crippen LogP contribution < -0.4 is 10.7 Å². The summed E-state index contributed by atoms with van der Waals surface area (Å²) in [6.45, 7) is 1.45. The number of carbonyl (C=O) groups excluding carboxylic acids is 2. The van der Waals surface area contributed by atoms with Crippen molar-refractivity contribution in [2.24, 2.45) is 5.10 Å². The summed E-state index contributed by atoms with van der Waals surface area (Å²) in [7, 11) is 1.24. The van der Waals surface area contributed by atoms with Crippen LogP contribution in [0.3, 0.4) is 0 Å².